The van der Waals surface area contributed by atoms with Gasteiger partial charge in [-0.2, -0.15) is 4.68 Å². The number of nitro groups is 1. The zero-order valence-corrected chi connectivity index (χ0v) is 10.2. The third kappa shape index (κ3) is 2.37. The first-order chi connectivity index (χ1) is 8.47. The van der Waals surface area contributed by atoms with Crippen LogP contribution < -0.4 is 0 Å². The van der Waals surface area contributed by atoms with Crippen LogP contribution in [0.5, 0.6) is 0 Å². The highest BCUT2D eigenvalue weighted by Gasteiger charge is 2.20. The average Bonchev–Trinajstić information content (AvgIpc) is 2.86. The molecule has 2 rings (SSSR count). The standard InChI is InChI=1S/C8H5BrN4O5/c9-5-3-12(10-7(5)13(16)17)2-4-1-6(8(14)15)11-18-4/h1,3H,2H2,(H,14,15). The Morgan fingerprint density at radius 3 is 2.89 bits per heavy atom. The molecule has 94 valence electrons. The molecule has 0 fully saturated rings. The number of hydrogen-bond donors (Lipinski definition) is 1. The third-order valence-corrected chi connectivity index (χ3v) is 2.53. The van der Waals surface area contributed by atoms with Crippen molar-refractivity contribution < 1.29 is 19.3 Å². The van der Waals surface area contributed by atoms with Crippen molar-refractivity contribution in [1.82, 2.24) is 14.9 Å². The topological polar surface area (TPSA) is 124 Å². The minimum Gasteiger partial charge on any atom is -0.476 e. The van der Waals surface area contributed by atoms with Crippen molar-refractivity contribution in [1.29, 1.82) is 0 Å². The lowest BCUT2D eigenvalue weighted by Gasteiger charge is -1.89. The molecule has 0 aliphatic heterocycles. The van der Waals surface area contributed by atoms with E-state index in [0.717, 1.165) is 0 Å². The molecule has 18 heavy (non-hydrogen) atoms. The number of aromatic carboxylic acids is 1. The van der Waals surface area contributed by atoms with Crippen molar-refractivity contribution in [2.75, 3.05) is 0 Å². The molecule has 10 heteroatoms. The summed E-state index contributed by atoms with van der Waals surface area (Å²) in [6.07, 6.45) is 1.39. The summed E-state index contributed by atoms with van der Waals surface area (Å²) in [5.74, 6) is -1.30. The van der Waals surface area contributed by atoms with Crippen LogP contribution in [0.3, 0.4) is 0 Å². The lowest BCUT2D eigenvalue weighted by Crippen LogP contribution is -2.00. The van der Waals surface area contributed by atoms with Crippen LogP contribution in [-0.4, -0.2) is 30.9 Å². The molecule has 0 aliphatic rings. The van der Waals surface area contributed by atoms with Gasteiger partial charge in [0, 0.05) is 6.07 Å². The summed E-state index contributed by atoms with van der Waals surface area (Å²) in [6.45, 7) is 0.0483. The van der Waals surface area contributed by atoms with Crippen molar-refractivity contribution in [3.05, 3.63) is 38.3 Å². The number of carbonyl (C=O) groups is 1. The van der Waals surface area contributed by atoms with Crippen molar-refractivity contribution in [3.63, 3.8) is 0 Å². The van der Waals surface area contributed by atoms with E-state index >= 15 is 0 Å². The molecular formula is C8H5BrN4O5. The van der Waals surface area contributed by atoms with E-state index in [0.29, 0.717) is 0 Å². The molecule has 0 saturated carbocycles. The highest BCUT2D eigenvalue weighted by atomic mass is 79.9. The summed E-state index contributed by atoms with van der Waals surface area (Å²) in [4.78, 5) is 20.5. The van der Waals surface area contributed by atoms with Gasteiger partial charge >= 0.3 is 11.8 Å². The molecule has 2 aromatic rings. The summed E-state index contributed by atoms with van der Waals surface area (Å²) in [6, 6.07) is 1.23. The molecule has 0 aromatic carbocycles. The van der Waals surface area contributed by atoms with Gasteiger partial charge < -0.3 is 19.7 Å². The van der Waals surface area contributed by atoms with Crippen LogP contribution in [0.4, 0.5) is 5.82 Å². The normalized spacial score (nSPS) is 10.5. The predicted molar refractivity (Wildman–Crippen MR) is 59.1 cm³/mol. The lowest BCUT2D eigenvalue weighted by molar-refractivity contribution is -0.390. The highest BCUT2D eigenvalue weighted by Crippen LogP contribution is 2.22. The van der Waals surface area contributed by atoms with Gasteiger partial charge in [0.25, 0.3) is 0 Å². The molecule has 0 spiro atoms. The summed E-state index contributed by atoms with van der Waals surface area (Å²) in [5.41, 5.74) is -0.231. The van der Waals surface area contributed by atoms with Crippen LogP contribution in [-0.2, 0) is 6.54 Å². The number of carboxylic acid groups (broad SMARTS) is 1. The van der Waals surface area contributed by atoms with E-state index in [4.69, 9.17) is 9.63 Å². The molecule has 0 unspecified atom stereocenters. The fourth-order valence-corrected chi connectivity index (χ4v) is 1.70. The van der Waals surface area contributed by atoms with E-state index < -0.39 is 10.9 Å². The number of aromatic nitrogens is 3. The van der Waals surface area contributed by atoms with Gasteiger partial charge in [-0.3, -0.25) is 0 Å². The van der Waals surface area contributed by atoms with E-state index in [-0.39, 0.29) is 28.3 Å². The molecule has 0 bridgehead atoms. The molecule has 0 atom stereocenters. The second-order valence-corrected chi connectivity index (χ2v) is 4.09. The summed E-state index contributed by atoms with van der Waals surface area (Å²) < 4.78 is 6.23. The van der Waals surface area contributed by atoms with Gasteiger partial charge in [-0.05, 0) is 20.9 Å². The van der Waals surface area contributed by atoms with Crippen molar-refractivity contribution in [2.45, 2.75) is 6.54 Å². The van der Waals surface area contributed by atoms with Crippen LogP contribution >= 0.6 is 15.9 Å². The maximum absolute atomic E-state index is 10.6. The minimum absolute atomic E-state index is 0.0483. The lowest BCUT2D eigenvalue weighted by atomic mass is 10.3. The molecule has 0 aliphatic carbocycles. The van der Waals surface area contributed by atoms with Crippen molar-refractivity contribution in [3.8, 4) is 0 Å². The van der Waals surface area contributed by atoms with Gasteiger partial charge in [-0.15, -0.1) is 0 Å². The van der Waals surface area contributed by atoms with Crippen LogP contribution in [0.15, 0.2) is 21.3 Å². The maximum atomic E-state index is 10.6. The summed E-state index contributed by atoms with van der Waals surface area (Å²) in [7, 11) is 0. The SMILES string of the molecule is O=C(O)c1cc(Cn2cc(Br)c([N+](=O)[O-])n2)on1. The van der Waals surface area contributed by atoms with Crippen LogP contribution in [0.25, 0.3) is 0 Å². The average molecular weight is 317 g/mol. The van der Waals surface area contributed by atoms with E-state index in [2.05, 4.69) is 26.2 Å². The first kappa shape index (κ1) is 12.2. The number of rotatable bonds is 4. The molecular weight excluding hydrogens is 312 g/mol. The van der Waals surface area contributed by atoms with Gasteiger partial charge in [-0.25, -0.2) is 4.79 Å². The number of halogens is 1. The molecule has 2 heterocycles. The number of carboxylic acids is 1. The first-order valence-corrected chi connectivity index (χ1v) is 5.33. The Hall–Kier alpha value is -2.23. The van der Waals surface area contributed by atoms with E-state index in [1.807, 2.05) is 0 Å². The van der Waals surface area contributed by atoms with Crippen molar-refractivity contribution >= 4 is 27.7 Å². The van der Waals surface area contributed by atoms with Gasteiger partial charge in [0.1, 0.15) is 11.0 Å². The van der Waals surface area contributed by atoms with Crippen LogP contribution in [0, 0.1) is 10.1 Å². The van der Waals surface area contributed by atoms with Gasteiger partial charge in [0.05, 0.1) is 11.3 Å². The smallest absolute Gasteiger partial charge is 0.404 e. The molecule has 9 nitrogen and oxygen atoms in total. The van der Waals surface area contributed by atoms with Gasteiger partial charge in [0.15, 0.2) is 11.5 Å². The molecule has 0 saturated heterocycles. The largest absolute Gasteiger partial charge is 0.476 e. The Bertz CT molecular complexity index is 619. The minimum atomic E-state index is -1.21. The molecule has 1 N–H and O–H groups in total. The monoisotopic (exact) mass is 316 g/mol. The van der Waals surface area contributed by atoms with E-state index in [9.17, 15) is 14.9 Å². The van der Waals surface area contributed by atoms with Gasteiger partial charge in [0.2, 0.25) is 0 Å². The Balaban J connectivity index is 2.20. The Morgan fingerprint density at radius 1 is 1.67 bits per heavy atom. The first-order valence-electron chi connectivity index (χ1n) is 4.53. The Labute approximate surface area is 107 Å². The maximum Gasteiger partial charge on any atom is 0.404 e. The second-order valence-electron chi connectivity index (χ2n) is 3.24. The van der Waals surface area contributed by atoms with Crippen LogP contribution in [0.2, 0.25) is 0 Å². The summed E-state index contributed by atoms with van der Waals surface area (Å²) in [5, 5.41) is 26.2. The predicted octanol–water partition coefficient (Wildman–Crippen LogP) is 1.29. The third-order valence-electron chi connectivity index (χ3n) is 1.97. The molecule has 0 amide bonds. The zero-order valence-electron chi connectivity index (χ0n) is 8.61. The quantitative estimate of drug-likeness (QED) is 0.665. The Morgan fingerprint density at radius 2 is 2.39 bits per heavy atom. The molecule has 2 aromatic heterocycles. The summed E-state index contributed by atoms with van der Waals surface area (Å²) >= 11 is 2.99. The number of hydrogen-bond acceptors (Lipinski definition) is 6. The fraction of sp³-hybridized carbons (Fsp3) is 0.125. The zero-order chi connectivity index (χ0) is 13.3. The molecule has 0 radical (unpaired) electrons. The second kappa shape index (κ2) is 4.56. The number of nitrogens with zero attached hydrogens (tertiary/aromatic N) is 4. The highest BCUT2D eigenvalue weighted by molar-refractivity contribution is 9.10. The van der Waals surface area contributed by atoms with Gasteiger partial charge in [-0.1, -0.05) is 5.16 Å². The van der Waals surface area contributed by atoms with Crippen molar-refractivity contribution in [2.24, 2.45) is 0 Å². The van der Waals surface area contributed by atoms with E-state index in [1.165, 1.54) is 16.9 Å². The van der Waals surface area contributed by atoms with Crippen LogP contribution in [0.1, 0.15) is 16.2 Å². The van der Waals surface area contributed by atoms with E-state index in [1.54, 1.807) is 0 Å². The Kier molecular flexibility index (Phi) is 3.10. The fourth-order valence-electron chi connectivity index (χ4n) is 1.24.